The lowest BCUT2D eigenvalue weighted by Gasteiger charge is -2.12. The Morgan fingerprint density at radius 2 is 1.58 bits per heavy atom. The number of anilines is 2. The molecule has 0 aliphatic carbocycles. The lowest BCUT2D eigenvalue weighted by molar-refractivity contribution is 0.415. The Morgan fingerprint density at radius 1 is 0.846 bits per heavy atom. The van der Waals surface area contributed by atoms with E-state index in [0.717, 1.165) is 33.7 Å². The van der Waals surface area contributed by atoms with E-state index in [1.54, 1.807) is 7.11 Å². The van der Waals surface area contributed by atoms with Gasteiger partial charge in [0.15, 0.2) is 5.82 Å². The highest BCUT2D eigenvalue weighted by Crippen LogP contribution is 2.30. The monoisotopic (exact) mass is 361 g/mol. The lowest BCUT2D eigenvalue weighted by atomic mass is 10.1. The van der Waals surface area contributed by atoms with Crippen molar-refractivity contribution in [3.63, 3.8) is 0 Å². The van der Waals surface area contributed by atoms with Gasteiger partial charge in [-0.05, 0) is 48.5 Å². The highest BCUT2D eigenvalue weighted by atomic mass is 35.5. The lowest BCUT2D eigenvalue weighted by Crippen LogP contribution is -1.99. The van der Waals surface area contributed by atoms with E-state index in [-0.39, 0.29) is 0 Å². The molecule has 26 heavy (non-hydrogen) atoms. The van der Waals surface area contributed by atoms with E-state index in [4.69, 9.17) is 26.3 Å². The molecule has 0 spiro atoms. The van der Waals surface area contributed by atoms with Crippen molar-refractivity contribution in [2.75, 3.05) is 12.4 Å². The fourth-order valence-corrected chi connectivity index (χ4v) is 2.91. The Labute approximate surface area is 156 Å². The maximum atomic E-state index is 6.30. The van der Waals surface area contributed by atoms with Crippen molar-refractivity contribution < 1.29 is 4.74 Å². The third-order valence-electron chi connectivity index (χ3n) is 4.08. The fraction of sp³-hybridized carbons (Fsp3) is 0.0476. The third kappa shape index (κ3) is 3.19. The van der Waals surface area contributed by atoms with Gasteiger partial charge in [0, 0.05) is 10.9 Å². The van der Waals surface area contributed by atoms with Gasteiger partial charge < -0.3 is 10.1 Å². The Morgan fingerprint density at radius 3 is 2.35 bits per heavy atom. The molecule has 0 fully saturated rings. The fourth-order valence-electron chi connectivity index (χ4n) is 2.73. The summed E-state index contributed by atoms with van der Waals surface area (Å²) in [5.74, 6) is 2.15. The van der Waals surface area contributed by atoms with Gasteiger partial charge in [-0.1, -0.05) is 35.9 Å². The van der Waals surface area contributed by atoms with E-state index in [9.17, 15) is 0 Å². The third-order valence-corrected chi connectivity index (χ3v) is 4.41. The van der Waals surface area contributed by atoms with Crippen molar-refractivity contribution in [3.05, 3.63) is 77.8 Å². The summed E-state index contributed by atoms with van der Waals surface area (Å²) in [6.45, 7) is 0. The predicted molar refractivity (Wildman–Crippen MR) is 106 cm³/mol. The van der Waals surface area contributed by atoms with Gasteiger partial charge in [0.2, 0.25) is 0 Å². The molecule has 128 valence electrons. The minimum atomic E-state index is 0.640. The molecule has 0 amide bonds. The Bertz CT molecular complexity index is 1060. The van der Waals surface area contributed by atoms with Gasteiger partial charge in [0.05, 0.1) is 23.3 Å². The number of nitrogens with zero attached hydrogens (tertiary/aromatic N) is 2. The summed E-state index contributed by atoms with van der Waals surface area (Å²) >= 11 is 6.30. The van der Waals surface area contributed by atoms with Crippen molar-refractivity contribution in [3.8, 4) is 17.1 Å². The quantitative estimate of drug-likeness (QED) is 0.506. The second-order valence-electron chi connectivity index (χ2n) is 5.75. The summed E-state index contributed by atoms with van der Waals surface area (Å²) in [5.41, 5.74) is 2.58. The summed E-state index contributed by atoms with van der Waals surface area (Å²) in [7, 11) is 1.65. The zero-order chi connectivity index (χ0) is 17.9. The molecule has 0 atom stereocenters. The number of benzene rings is 3. The second-order valence-corrected chi connectivity index (χ2v) is 6.15. The molecule has 4 nitrogen and oxygen atoms in total. The SMILES string of the molecule is COc1ccc(-c2nc(Nc3ccccc3Cl)c3ccccc3n2)cc1. The van der Waals surface area contributed by atoms with Crippen molar-refractivity contribution in [1.82, 2.24) is 9.97 Å². The van der Waals surface area contributed by atoms with Crippen LogP contribution in [-0.4, -0.2) is 17.1 Å². The largest absolute Gasteiger partial charge is 0.497 e. The molecule has 4 rings (SSSR count). The van der Waals surface area contributed by atoms with Crippen LogP contribution in [0.4, 0.5) is 11.5 Å². The van der Waals surface area contributed by atoms with E-state index in [0.29, 0.717) is 10.8 Å². The van der Waals surface area contributed by atoms with Gasteiger partial charge in [0.1, 0.15) is 11.6 Å². The van der Waals surface area contributed by atoms with Crippen LogP contribution in [0.25, 0.3) is 22.3 Å². The molecule has 0 aliphatic rings. The average molecular weight is 362 g/mol. The number of para-hydroxylation sites is 2. The van der Waals surface area contributed by atoms with Gasteiger partial charge in [-0.25, -0.2) is 9.97 Å². The molecule has 5 heteroatoms. The van der Waals surface area contributed by atoms with E-state index in [2.05, 4.69) is 5.32 Å². The van der Waals surface area contributed by atoms with Crippen LogP contribution in [0.5, 0.6) is 5.75 Å². The zero-order valence-corrected chi connectivity index (χ0v) is 14.9. The van der Waals surface area contributed by atoms with Crippen molar-refractivity contribution in [1.29, 1.82) is 0 Å². The molecule has 1 aromatic heterocycles. The molecule has 0 radical (unpaired) electrons. The molecular weight excluding hydrogens is 346 g/mol. The number of hydrogen-bond donors (Lipinski definition) is 1. The summed E-state index contributed by atoms with van der Waals surface area (Å²) in [4.78, 5) is 9.44. The zero-order valence-electron chi connectivity index (χ0n) is 14.1. The molecule has 0 unspecified atom stereocenters. The van der Waals surface area contributed by atoms with Crippen LogP contribution in [0.3, 0.4) is 0 Å². The summed E-state index contributed by atoms with van der Waals surface area (Å²) in [6, 6.07) is 23.2. The number of nitrogens with one attached hydrogen (secondary N) is 1. The maximum Gasteiger partial charge on any atom is 0.162 e. The maximum absolute atomic E-state index is 6.30. The standard InChI is InChI=1S/C21H16ClN3O/c1-26-15-12-10-14(11-13-15)20-23-18-8-4-2-6-16(18)21(25-20)24-19-9-5-3-7-17(19)22/h2-13H,1H3,(H,23,24,25). The average Bonchev–Trinajstić information content (AvgIpc) is 2.69. The predicted octanol–water partition coefficient (Wildman–Crippen LogP) is 5.70. The smallest absolute Gasteiger partial charge is 0.162 e. The molecule has 4 aromatic rings. The van der Waals surface area contributed by atoms with Crippen molar-refractivity contribution in [2.24, 2.45) is 0 Å². The molecule has 0 aliphatic heterocycles. The molecule has 3 aromatic carbocycles. The normalized spacial score (nSPS) is 10.7. The van der Waals surface area contributed by atoms with E-state index in [1.165, 1.54) is 0 Å². The molecule has 0 bridgehead atoms. The van der Waals surface area contributed by atoms with Gasteiger partial charge in [-0.3, -0.25) is 0 Å². The number of hydrogen-bond acceptors (Lipinski definition) is 4. The molecule has 1 N–H and O–H groups in total. The van der Waals surface area contributed by atoms with Crippen LogP contribution >= 0.6 is 11.6 Å². The number of halogens is 1. The Kier molecular flexibility index (Phi) is 4.42. The first-order chi connectivity index (χ1) is 12.7. The second kappa shape index (κ2) is 7.02. The van der Waals surface area contributed by atoms with Gasteiger partial charge >= 0.3 is 0 Å². The summed E-state index contributed by atoms with van der Waals surface area (Å²) in [5, 5.41) is 4.92. The first-order valence-corrected chi connectivity index (χ1v) is 8.55. The molecule has 0 saturated heterocycles. The first-order valence-electron chi connectivity index (χ1n) is 8.17. The van der Waals surface area contributed by atoms with Crippen LogP contribution in [0.1, 0.15) is 0 Å². The van der Waals surface area contributed by atoms with E-state index in [1.807, 2.05) is 72.8 Å². The minimum Gasteiger partial charge on any atom is -0.497 e. The van der Waals surface area contributed by atoms with Gasteiger partial charge in [-0.2, -0.15) is 0 Å². The van der Waals surface area contributed by atoms with Crippen LogP contribution in [-0.2, 0) is 0 Å². The van der Waals surface area contributed by atoms with Crippen LogP contribution in [0, 0.1) is 0 Å². The molecular formula is C21H16ClN3O. The van der Waals surface area contributed by atoms with Crippen molar-refractivity contribution >= 4 is 34.0 Å². The summed E-state index contributed by atoms with van der Waals surface area (Å²) in [6.07, 6.45) is 0. The van der Waals surface area contributed by atoms with Crippen molar-refractivity contribution in [2.45, 2.75) is 0 Å². The minimum absolute atomic E-state index is 0.640. The Hall–Kier alpha value is -3.11. The van der Waals surface area contributed by atoms with Crippen LogP contribution in [0.15, 0.2) is 72.8 Å². The van der Waals surface area contributed by atoms with E-state index < -0.39 is 0 Å². The summed E-state index contributed by atoms with van der Waals surface area (Å²) < 4.78 is 5.22. The van der Waals surface area contributed by atoms with Gasteiger partial charge in [0.25, 0.3) is 0 Å². The number of ether oxygens (including phenoxy) is 1. The molecule has 0 saturated carbocycles. The van der Waals surface area contributed by atoms with Crippen LogP contribution < -0.4 is 10.1 Å². The van der Waals surface area contributed by atoms with E-state index >= 15 is 0 Å². The number of methoxy groups -OCH3 is 1. The highest BCUT2D eigenvalue weighted by molar-refractivity contribution is 6.33. The number of fused-ring (bicyclic) bond motifs is 1. The number of rotatable bonds is 4. The Balaban J connectivity index is 1.84. The highest BCUT2D eigenvalue weighted by Gasteiger charge is 2.11. The first kappa shape index (κ1) is 16.4. The molecule has 1 heterocycles. The van der Waals surface area contributed by atoms with Crippen LogP contribution in [0.2, 0.25) is 5.02 Å². The topological polar surface area (TPSA) is 47.0 Å². The number of aromatic nitrogens is 2. The van der Waals surface area contributed by atoms with Gasteiger partial charge in [-0.15, -0.1) is 0 Å².